The largest absolute Gasteiger partial charge is 0.373 e. The van der Waals surface area contributed by atoms with Gasteiger partial charge >= 0.3 is 0 Å². The Hall–Kier alpha value is -4.03. The SMILES string of the molecule is CN1C2CCC(C2)C1C=O.CNc1cccc(Br)n1.Cc1ncc(-c2ccc3c(c2)c(C(N)=O)nn3CC=O)cn1. The second-order valence-corrected chi connectivity index (χ2v) is 10.7. The zero-order chi connectivity index (χ0) is 29.5. The van der Waals surface area contributed by atoms with Crippen molar-refractivity contribution < 1.29 is 14.4 Å². The summed E-state index contributed by atoms with van der Waals surface area (Å²) in [5, 5.41) is 7.64. The molecule has 12 heteroatoms. The van der Waals surface area contributed by atoms with E-state index in [0.29, 0.717) is 22.6 Å². The molecule has 0 spiro atoms. The number of aryl methyl sites for hydroxylation is 1. The zero-order valence-corrected chi connectivity index (χ0v) is 24.8. The summed E-state index contributed by atoms with van der Waals surface area (Å²) in [5.41, 5.74) is 7.87. The second kappa shape index (κ2) is 13.6. The van der Waals surface area contributed by atoms with Gasteiger partial charge in [0.1, 0.15) is 28.8 Å². The Balaban J connectivity index is 0.000000167. The molecule has 3 aromatic heterocycles. The minimum Gasteiger partial charge on any atom is -0.373 e. The zero-order valence-electron chi connectivity index (χ0n) is 23.2. The van der Waals surface area contributed by atoms with Crippen LogP contribution in [-0.2, 0) is 16.1 Å². The number of primary amides is 1. The number of hydrogen-bond donors (Lipinski definition) is 2. The predicted octanol–water partition coefficient (Wildman–Crippen LogP) is 3.65. The molecule has 4 aromatic rings. The molecule has 6 rings (SSSR count). The van der Waals surface area contributed by atoms with Gasteiger partial charge in [-0.1, -0.05) is 12.1 Å². The van der Waals surface area contributed by atoms with E-state index in [1.54, 1.807) is 24.5 Å². The normalized spacial score (nSPS) is 19.1. The number of aromatic nitrogens is 5. The predicted molar refractivity (Wildman–Crippen MR) is 160 cm³/mol. The molecule has 41 heavy (non-hydrogen) atoms. The van der Waals surface area contributed by atoms with E-state index in [0.717, 1.165) is 40.2 Å². The van der Waals surface area contributed by atoms with Gasteiger partial charge in [-0.3, -0.25) is 14.4 Å². The number of anilines is 1. The number of benzene rings is 1. The number of fused-ring (bicyclic) bond motifs is 3. The highest BCUT2D eigenvalue weighted by Crippen LogP contribution is 2.40. The number of amides is 1. The third kappa shape index (κ3) is 7.01. The van der Waals surface area contributed by atoms with Crippen molar-refractivity contribution in [1.82, 2.24) is 29.6 Å². The first-order valence-corrected chi connectivity index (χ1v) is 14.1. The van der Waals surface area contributed by atoms with Crippen molar-refractivity contribution in [3.8, 4) is 11.1 Å². The standard InChI is InChI=1S/C15H13N5O2.C8H13NO.C6H7BrN2/c1-9-17-7-11(8-18-9)10-2-3-13-12(6-10)14(15(16)22)19-20(13)4-5-21;1-9-7-3-2-6(4-7)8(9)5-10;1-8-6-4-2-3-5(7)9-6/h2-3,5-8H,4H2,1H3,(H2,16,22);5-8H,2-4H2,1H3;2-4H,1H3,(H,8,9). The molecular weight excluding hydrogens is 588 g/mol. The van der Waals surface area contributed by atoms with Crippen LogP contribution in [0, 0.1) is 12.8 Å². The number of piperidine rings is 1. The third-order valence-electron chi connectivity index (χ3n) is 7.43. The highest BCUT2D eigenvalue weighted by molar-refractivity contribution is 9.10. The molecule has 1 saturated heterocycles. The third-order valence-corrected chi connectivity index (χ3v) is 7.87. The first-order chi connectivity index (χ1) is 19.7. The van der Waals surface area contributed by atoms with E-state index in [1.807, 2.05) is 38.2 Å². The lowest BCUT2D eigenvalue weighted by Crippen LogP contribution is -2.38. The monoisotopic (exact) mass is 620 g/mol. The molecule has 0 radical (unpaired) electrons. The summed E-state index contributed by atoms with van der Waals surface area (Å²) in [6.45, 7) is 1.87. The van der Waals surface area contributed by atoms with Crippen LogP contribution in [0.4, 0.5) is 5.82 Å². The average molecular weight is 622 g/mol. The average Bonchev–Trinajstić information content (AvgIpc) is 3.68. The number of nitrogens with two attached hydrogens (primary N) is 1. The fraction of sp³-hybridized carbons (Fsp3) is 0.345. The number of rotatable bonds is 6. The smallest absolute Gasteiger partial charge is 0.269 e. The molecule has 1 amide bonds. The number of nitrogens with zero attached hydrogens (tertiary/aromatic N) is 6. The number of likely N-dealkylation sites (tertiary alicyclic amines) is 1. The number of likely N-dealkylation sites (N-methyl/N-ethyl adjacent to an activating group) is 1. The van der Waals surface area contributed by atoms with Crippen LogP contribution in [0.3, 0.4) is 0 Å². The number of aldehydes is 2. The molecule has 11 nitrogen and oxygen atoms in total. The van der Waals surface area contributed by atoms with E-state index in [4.69, 9.17) is 5.73 Å². The Morgan fingerprint density at radius 3 is 2.44 bits per heavy atom. The van der Waals surface area contributed by atoms with Crippen molar-refractivity contribution in [3.63, 3.8) is 0 Å². The van der Waals surface area contributed by atoms with Gasteiger partial charge in [0, 0.05) is 36.4 Å². The highest BCUT2D eigenvalue weighted by Gasteiger charge is 2.43. The quantitative estimate of drug-likeness (QED) is 0.243. The van der Waals surface area contributed by atoms with Crippen LogP contribution in [0.5, 0.6) is 0 Å². The molecule has 3 unspecified atom stereocenters. The maximum absolute atomic E-state index is 11.6. The first-order valence-electron chi connectivity index (χ1n) is 13.3. The number of carbonyl (C=O) groups is 3. The van der Waals surface area contributed by atoms with Gasteiger partial charge in [0.25, 0.3) is 5.91 Å². The van der Waals surface area contributed by atoms with Crippen LogP contribution in [0.2, 0.25) is 0 Å². The molecular formula is C29H33BrN8O3. The summed E-state index contributed by atoms with van der Waals surface area (Å²) >= 11 is 3.25. The summed E-state index contributed by atoms with van der Waals surface area (Å²) in [4.78, 5) is 47.5. The minimum atomic E-state index is -0.632. The van der Waals surface area contributed by atoms with Crippen molar-refractivity contribution in [2.24, 2.45) is 11.7 Å². The van der Waals surface area contributed by atoms with E-state index >= 15 is 0 Å². The number of carbonyl (C=O) groups excluding carboxylic acids is 3. The Labute approximate surface area is 246 Å². The summed E-state index contributed by atoms with van der Waals surface area (Å²) in [7, 11) is 3.91. The summed E-state index contributed by atoms with van der Waals surface area (Å²) in [6.07, 6.45) is 9.11. The lowest BCUT2D eigenvalue weighted by molar-refractivity contribution is -0.113. The number of pyridine rings is 1. The van der Waals surface area contributed by atoms with Gasteiger partial charge in [-0.25, -0.2) is 15.0 Å². The lowest BCUT2D eigenvalue weighted by atomic mass is 10.0. The number of halogens is 1. The Morgan fingerprint density at radius 1 is 1.15 bits per heavy atom. The van der Waals surface area contributed by atoms with E-state index in [9.17, 15) is 14.4 Å². The first kappa shape index (κ1) is 29.9. The Bertz CT molecular complexity index is 1520. The van der Waals surface area contributed by atoms with E-state index in [-0.39, 0.29) is 18.3 Å². The van der Waals surface area contributed by atoms with Crippen LogP contribution in [0.25, 0.3) is 22.0 Å². The molecule has 3 N–H and O–H groups in total. The molecule has 4 heterocycles. The fourth-order valence-electron chi connectivity index (χ4n) is 5.29. The lowest BCUT2D eigenvalue weighted by Gasteiger charge is -2.27. The van der Waals surface area contributed by atoms with Gasteiger partial charge in [0.15, 0.2) is 5.69 Å². The highest BCUT2D eigenvalue weighted by atomic mass is 79.9. The molecule has 2 aliphatic rings. The van der Waals surface area contributed by atoms with Gasteiger partial charge in [-0.2, -0.15) is 5.10 Å². The van der Waals surface area contributed by atoms with Crippen LogP contribution < -0.4 is 11.1 Å². The van der Waals surface area contributed by atoms with E-state index in [1.165, 1.54) is 23.9 Å². The van der Waals surface area contributed by atoms with Gasteiger partial charge in [0.2, 0.25) is 0 Å². The summed E-state index contributed by atoms with van der Waals surface area (Å²) in [5.74, 6) is 1.62. The molecule has 2 bridgehead atoms. The topological polar surface area (TPSA) is 149 Å². The molecule has 1 aliphatic heterocycles. The van der Waals surface area contributed by atoms with Gasteiger partial charge in [-0.05, 0) is 84.9 Å². The molecule has 3 atom stereocenters. The van der Waals surface area contributed by atoms with Crippen LogP contribution in [0.15, 0.2) is 53.4 Å². The van der Waals surface area contributed by atoms with Gasteiger partial charge in [0.05, 0.1) is 18.1 Å². The molecule has 1 saturated carbocycles. The summed E-state index contributed by atoms with van der Waals surface area (Å²) < 4.78 is 2.31. The maximum Gasteiger partial charge on any atom is 0.269 e. The Kier molecular flexibility index (Phi) is 9.90. The summed E-state index contributed by atoms with van der Waals surface area (Å²) in [6, 6.07) is 12.2. The van der Waals surface area contributed by atoms with Gasteiger partial charge in [-0.15, -0.1) is 0 Å². The fourth-order valence-corrected chi connectivity index (χ4v) is 5.64. The number of hydrogen-bond acceptors (Lipinski definition) is 9. The van der Waals surface area contributed by atoms with Crippen molar-refractivity contribution in [3.05, 3.63) is 64.9 Å². The van der Waals surface area contributed by atoms with Crippen molar-refractivity contribution >= 4 is 51.1 Å². The molecule has 1 aromatic carbocycles. The minimum absolute atomic E-state index is 0.0662. The second-order valence-electron chi connectivity index (χ2n) is 9.93. The van der Waals surface area contributed by atoms with Crippen molar-refractivity contribution in [1.29, 1.82) is 0 Å². The van der Waals surface area contributed by atoms with E-state index < -0.39 is 5.91 Å². The van der Waals surface area contributed by atoms with Gasteiger partial charge < -0.3 is 20.6 Å². The molecule has 1 aliphatic carbocycles. The van der Waals surface area contributed by atoms with Crippen LogP contribution in [0.1, 0.15) is 35.6 Å². The maximum atomic E-state index is 11.6. The van der Waals surface area contributed by atoms with E-state index in [2.05, 4.69) is 53.2 Å². The van der Waals surface area contributed by atoms with Crippen molar-refractivity contribution in [2.75, 3.05) is 19.4 Å². The molecule has 214 valence electrons. The number of nitrogens with one attached hydrogen (secondary N) is 1. The van der Waals surface area contributed by atoms with Crippen LogP contribution in [-0.4, -0.2) is 74.3 Å². The van der Waals surface area contributed by atoms with Crippen molar-refractivity contribution in [2.45, 2.75) is 44.8 Å². The molecule has 2 fully saturated rings. The van der Waals surface area contributed by atoms with Crippen LogP contribution >= 0.6 is 15.9 Å². The Morgan fingerprint density at radius 2 is 1.90 bits per heavy atom.